The smallest absolute Gasteiger partial charge is 0.333 e. The van der Waals surface area contributed by atoms with Gasteiger partial charge in [-0.05, 0) is 56.4 Å². The highest BCUT2D eigenvalue weighted by atomic mass is 16.6. The Morgan fingerprint density at radius 1 is 1.32 bits per heavy atom. The van der Waals surface area contributed by atoms with Gasteiger partial charge in [-0.3, -0.25) is 9.59 Å². The summed E-state index contributed by atoms with van der Waals surface area (Å²) >= 11 is 0. The van der Waals surface area contributed by atoms with Gasteiger partial charge in [-0.2, -0.15) is 0 Å². The fourth-order valence-corrected chi connectivity index (χ4v) is 5.65. The second-order valence-corrected chi connectivity index (χ2v) is 9.92. The van der Waals surface area contributed by atoms with Crippen molar-refractivity contribution in [3.05, 3.63) is 23.8 Å². The first-order valence-electron chi connectivity index (χ1n) is 11.4. The first kappa shape index (κ1) is 23.6. The van der Waals surface area contributed by atoms with Crippen LogP contribution in [0.5, 0.6) is 0 Å². The zero-order chi connectivity index (χ0) is 23.1. The number of fused-ring (bicyclic) bond motifs is 1. The Bertz CT molecular complexity index is 795. The molecule has 0 bridgehead atoms. The Morgan fingerprint density at radius 2 is 2.00 bits per heavy atom. The van der Waals surface area contributed by atoms with E-state index in [1.165, 1.54) is 0 Å². The molecular formula is C25H36O6. The molecule has 6 heteroatoms. The Morgan fingerprint density at radius 3 is 2.55 bits per heavy atom. The molecular weight excluding hydrogens is 396 g/mol. The van der Waals surface area contributed by atoms with Crippen molar-refractivity contribution in [1.82, 2.24) is 0 Å². The van der Waals surface area contributed by atoms with Crippen LogP contribution >= 0.6 is 0 Å². The molecule has 0 aromatic carbocycles. The normalized spacial score (nSPS) is 38.6. The number of ether oxygens (including phenoxy) is 3. The maximum Gasteiger partial charge on any atom is 0.333 e. The lowest BCUT2D eigenvalue weighted by molar-refractivity contribution is -0.176. The monoisotopic (exact) mass is 432 g/mol. The van der Waals surface area contributed by atoms with E-state index < -0.39 is 23.6 Å². The van der Waals surface area contributed by atoms with Gasteiger partial charge in [0.15, 0.2) is 0 Å². The molecule has 2 aliphatic carbocycles. The number of allylic oxidation sites excluding steroid dienone is 1. The number of hydrogen-bond donors (Lipinski definition) is 0. The molecule has 1 spiro atoms. The van der Waals surface area contributed by atoms with Crippen molar-refractivity contribution < 1.29 is 28.6 Å². The van der Waals surface area contributed by atoms with Crippen molar-refractivity contribution in [3.8, 4) is 0 Å². The van der Waals surface area contributed by atoms with E-state index in [0.717, 1.165) is 6.42 Å². The van der Waals surface area contributed by atoms with Crippen molar-refractivity contribution >= 4 is 17.9 Å². The quantitative estimate of drug-likeness (QED) is 0.278. The minimum Gasteiger partial charge on any atom is -0.462 e. The summed E-state index contributed by atoms with van der Waals surface area (Å²) in [6.07, 6.45) is 3.21. The molecule has 1 heterocycles. The molecule has 172 valence electrons. The number of esters is 3. The molecule has 1 saturated heterocycles. The minimum absolute atomic E-state index is 0.129. The summed E-state index contributed by atoms with van der Waals surface area (Å²) in [7, 11) is 0. The molecule has 6 nitrogen and oxygen atoms in total. The fourth-order valence-electron chi connectivity index (χ4n) is 5.65. The molecule has 3 fully saturated rings. The molecule has 0 radical (unpaired) electrons. The van der Waals surface area contributed by atoms with Crippen molar-refractivity contribution in [3.63, 3.8) is 0 Å². The van der Waals surface area contributed by atoms with Crippen molar-refractivity contribution in [2.45, 2.75) is 79.4 Å². The molecule has 0 N–H and O–H groups in total. The van der Waals surface area contributed by atoms with Gasteiger partial charge in [-0.25, -0.2) is 4.79 Å². The van der Waals surface area contributed by atoms with E-state index in [1.54, 1.807) is 19.9 Å². The molecule has 7 atom stereocenters. The van der Waals surface area contributed by atoms with Crippen molar-refractivity contribution in [2.75, 3.05) is 6.61 Å². The summed E-state index contributed by atoms with van der Waals surface area (Å²) in [6, 6.07) is 0. The maximum absolute atomic E-state index is 13.1. The van der Waals surface area contributed by atoms with Gasteiger partial charge in [0.25, 0.3) is 0 Å². The molecule has 2 saturated carbocycles. The highest BCUT2D eigenvalue weighted by Gasteiger charge is 2.72. The second-order valence-electron chi connectivity index (χ2n) is 9.92. The lowest BCUT2D eigenvalue weighted by Gasteiger charge is -2.47. The Kier molecular flexibility index (Phi) is 6.41. The highest BCUT2D eigenvalue weighted by Crippen LogP contribution is 2.66. The van der Waals surface area contributed by atoms with E-state index in [-0.39, 0.29) is 41.7 Å². The van der Waals surface area contributed by atoms with E-state index >= 15 is 0 Å². The van der Waals surface area contributed by atoms with Crippen LogP contribution in [0.25, 0.3) is 0 Å². The third-order valence-corrected chi connectivity index (χ3v) is 8.29. The minimum atomic E-state index is -1.09. The van der Waals surface area contributed by atoms with Crippen molar-refractivity contribution in [1.29, 1.82) is 0 Å². The molecule has 3 aliphatic rings. The SMILES string of the molecule is C=C1COC(=O)[C@]12C[C@@]1(C)[C@H]([C@@H](OC(=O)C(C)CC)CC[C@@H]1C)[C@H]2OC(=O)/C(C)=C\C. The van der Waals surface area contributed by atoms with Crippen molar-refractivity contribution in [2.24, 2.45) is 28.6 Å². The van der Waals surface area contributed by atoms with E-state index in [1.807, 2.05) is 13.8 Å². The van der Waals surface area contributed by atoms with Crippen LogP contribution in [-0.4, -0.2) is 36.7 Å². The average molecular weight is 433 g/mol. The van der Waals surface area contributed by atoms with Crippen LogP contribution in [0, 0.1) is 28.6 Å². The molecule has 31 heavy (non-hydrogen) atoms. The third-order valence-electron chi connectivity index (χ3n) is 8.29. The van der Waals surface area contributed by atoms with E-state index in [4.69, 9.17) is 14.2 Å². The summed E-state index contributed by atoms with van der Waals surface area (Å²) < 4.78 is 17.5. The van der Waals surface area contributed by atoms with Crippen LogP contribution in [-0.2, 0) is 28.6 Å². The predicted octanol–water partition coefficient (Wildman–Crippen LogP) is 4.38. The Balaban J connectivity index is 2.08. The summed E-state index contributed by atoms with van der Waals surface area (Å²) in [5, 5.41) is 0. The number of carbonyl (C=O) groups is 3. The fraction of sp³-hybridized carbons (Fsp3) is 0.720. The van der Waals surface area contributed by atoms with Gasteiger partial charge in [-0.15, -0.1) is 0 Å². The topological polar surface area (TPSA) is 78.9 Å². The lowest BCUT2D eigenvalue weighted by atomic mass is 9.61. The molecule has 1 unspecified atom stereocenters. The van der Waals surface area contributed by atoms with Gasteiger partial charge >= 0.3 is 17.9 Å². The molecule has 0 amide bonds. The van der Waals surface area contributed by atoms with Crippen LogP contribution in [0.2, 0.25) is 0 Å². The first-order chi connectivity index (χ1) is 14.5. The van der Waals surface area contributed by atoms with Crippen LogP contribution in [0.3, 0.4) is 0 Å². The highest BCUT2D eigenvalue weighted by molar-refractivity contribution is 5.90. The van der Waals surface area contributed by atoms with Gasteiger partial charge in [0.1, 0.15) is 24.2 Å². The Labute approximate surface area is 185 Å². The summed E-state index contributed by atoms with van der Waals surface area (Å²) in [6.45, 7) is 15.8. The molecule has 0 aromatic rings. The van der Waals surface area contributed by atoms with E-state index in [0.29, 0.717) is 30.4 Å². The molecule has 3 rings (SSSR count). The zero-order valence-electron chi connectivity index (χ0n) is 19.7. The standard InChI is InChI=1S/C25H36O6/c1-8-14(3)21(26)30-18-11-10-16(5)24(7)13-25(17(6)12-29-23(25)28)20(19(18)24)31-22(27)15(4)9-2/h9,14,16,18-20H,6,8,10-13H2,1-5,7H3/b15-9-/t14?,16-,18-,19+,20+,24+,25+/m0/s1. The number of rotatable bonds is 5. The number of hydrogen-bond acceptors (Lipinski definition) is 6. The van der Waals surface area contributed by atoms with Crippen LogP contribution < -0.4 is 0 Å². The van der Waals surface area contributed by atoms with Crippen LogP contribution in [0.4, 0.5) is 0 Å². The van der Waals surface area contributed by atoms with E-state index in [9.17, 15) is 14.4 Å². The maximum atomic E-state index is 13.1. The zero-order valence-corrected chi connectivity index (χ0v) is 19.7. The first-order valence-corrected chi connectivity index (χ1v) is 11.4. The summed E-state index contributed by atoms with van der Waals surface area (Å²) in [5.41, 5.74) is -0.344. The van der Waals surface area contributed by atoms with Gasteiger partial charge in [0.05, 0.1) is 5.92 Å². The lowest BCUT2D eigenvalue weighted by Crippen LogP contribution is -2.50. The average Bonchev–Trinajstić information content (AvgIpc) is 3.18. The third kappa shape index (κ3) is 3.62. The number of cyclic esters (lactones) is 1. The van der Waals surface area contributed by atoms with Crippen LogP contribution in [0.15, 0.2) is 23.8 Å². The van der Waals surface area contributed by atoms with Gasteiger partial charge < -0.3 is 14.2 Å². The van der Waals surface area contributed by atoms with Gasteiger partial charge in [-0.1, -0.05) is 40.3 Å². The molecule has 0 aromatic heterocycles. The second kappa shape index (κ2) is 8.44. The molecule has 1 aliphatic heterocycles. The summed E-state index contributed by atoms with van der Waals surface area (Å²) in [4.78, 5) is 38.7. The Hall–Kier alpha value is -2.11. The van der Waals surface area contributed by atoms with Gasteiger partial charge in [0.2, 0.25) is 0 Å². The van der Waals surface area contributed by atoms with E-state index in [2.05, 4.69) is 20.4 Å². The predicted molar refractivity (Wildman–Crippen MR) is 116 cm³/mol. The van der Waals surface area contributed by atoms with Gasteiger partial charge in [0, 0.05) is 11.5 Å². The van der Waals surface area contributed by atoms with Crippen LogP contribution in [0.1, 0.15) is 67.2 Å². The largest absolute Gasteiger partial charge is 0.462 e. The number of carbonyl (C=O) groups excluding carboxylic acids is 3. The summed E-state index contributed by atoms with van der Waals surface area (Å²) in [5.74, 6) is -1.34.